The molecule has 0 saturated heterocycles. The normalized spacial score (nSPS) is 12.3. The first kappa shape index (κ1) is 14.6. The lowest BCUT2D eigenvalue weighted by atomic mass is 10.3. The van der Waals surface area contributed by atoms with Crippen LogP contribution in [0.4, 0.5) is 5.95 Å². The van der Waals surface area contributed by atoms with Gasteiger partial charge in [0, 0.05) is 26.0 Å². The molecule has 0 saturated carbocycles. The van der Waals surface area contributed by atoms with Crippen LogP contribution in [-0.4, -0.2) is 56.2 Å². The summed E-state index contributed by atoms with van der Waals surface area (Å²) in [6.07, 6.45) is 3.30. The van der Waals surface area contributed by atoms with Gasteiger partial charge in [0.05, 0.1) is 12.7 Å². The average Bonchev–Trinajstić information content (AvgIpc) is 2.92. The number of methoxy groups -OCH3 is 1. The van der Waals surface area contributed by atoms with Gasteiger partial charge < -0.3 is 15.2 Å². The van der Waals surface area contributed by atoms with Gasteiger partial charge in [-0.2, -0.15) is 20.1 Å². The van der Waals surface area contributed by atoms with Gasteiger partial charge in [-0.15, -0.1) is 0 Å². The number of anilines is 1. The fraction of sp³-hybridized carbons (Fsp3) is 0.455. The van der Waals surface area contributed by atoms with E-state index in [9.17, 15) is 5.11 Å². The summed E-state index contributed by atoms with van der Waals surface area (Å²) in [4.78, 5) is 12.1. The summed E-state index contributed by atoms with van der Waals surface area (Å²) in [6.45, 7) is 0.779. The number of ether oxygens (including phenoxy) is 1. The van der Waals surface area contributed by atoms with Crippen molar-refractivity contribution in [3.63, 3.8) is 0 Å². The first-order chi connectivity index (χ1) is 9.69. The smallest absolute Gasteiger partial charge is 0.256 e. The molecule has 8 nitrogen and oxygen atoms in total. The minimum Gasteiger partial charge on any atom is -0.391 e. The standard InChI is InChI=1S/C11H15ClN6O2/c1-20-7-8(19)3-5-13-10-15-9(12)16-11(17-10)18-6-2-4-14-18/h2,4,6,8,19H,3,5,7H2,1H3,(H,13,15,16,17). The summed E-state index contributed by atoms with van der Waals surface area (Å²) in [5.41, 5.74) is 0. The Hall–Kier alpha value is -1.77. The van der Waals surface area contributed by atoms with Crippen LogP contribution in [0.3, 0.4) is 0 Å². The van der Waals surface area contributed by atoms with Crippen molar-refractivity contribution in [1.29, 1.82) is 0 Å². The van der Waals surface area contributed by atoms with E-state index >= 15 is 0 Å². The Labute approximate surface area is 120 Å². The molecule has 2 N–H and O–H groups in total. The van der Waals surface area contributed by atoms with Gasteiger partial charge in [0.1, 0.15) is 0 Å². The molecule has 108 valence electrons. The quantitative estimate of drug-likeness (QED) is 0.769. The summed E-state index contributed by atoms with van der Waals surface area (Å²) in [5, 5.41) is 16.6. The summed E-state index contributed by atoms with van der Waals surface area (Å²) in [5.74, 6) is 0.662. The summed E-state index contributed by atoms with van der Waals surface area (Å²) in [6, 6.07) is 1.76. The van der Waals surface area contributed by atoms with E-state index in [4.69, 9.17) is 16.3 Å². The van der Waals surface area contributed by atoms with Crippen LogP contribution >= 0.6 is 11.6 Å². The van der Waals surface area contributed by atoms with Crippen molar-refractivity contribution in [1.82, 2.24) is 24.7 Å². The van der Waals surface area contributed by atoms with Crippen molar-refractivity contribution in [2.75, 3.05) is 25.6 Å². The molecule has 0 aliphatic rings. The number of halogens is 1. The maximum absolute atomic E-state index is 9.53. The van der Waals surface area contributed by atoms with Crippen molar-refractivity contribution in [3.8, 4) is 5.95 Å². The van der Waals surface area contributed by atoms with Crippen LogP contribution in [0, 0.1) is 0 Å². The van der Waals surface area contributed by atoms with Crippen LogP contribution in [0.25, 0.3) is 5.95 Å². The second-order valence-corrected chi connectivity index (χ2v) is 4.34. The molecular formula is C11H15ClN6O2. The Morgan fingerprint density at radius 2 is 2.30 bits per heavy atom. The van der Waals surface area contributed by atoms with E-state index in [0.29, 0.717) is 24.9 Å². The van der Waals surface area contributed by atoms with Gasteiger partial charge in [0.15, 0.2) is 0 Å². The molecule has 0 aliphatic carbocycles. The third-order valence-corrected chi connectivity index (χ3v) is 2.59. The summed E-state index contributed by atoms with van der Waals surface area (Å²) in [7, 11) is 1.54. The first-order valence-corrected chi connectivity index (χ1v) is 6.39. The van der Waals surface area contributed by atoms with Crippen molar-refractivity contribution >= 4 is 17.5 Å². The predicted octanol–water partition coefficient (Wildman–Crippen LogP) is 0.520. The van der Waals surface area contributed by atoms with Crippen LogP contribution in [0.1, 0.15) is 6.42 Å². The molecule has 1 unspecified atom stereocenters. The molecule has 0 aromatic carbocycles. The van der Waals surface area contributed by atoms with E-state index in [-0.39, 0.29) is 11.9 Å². The fourth-order valence-corrected chi connectivity index (χ4v) is 1.69. The summed E-state index contributed by atoms with van der Waals surface area (Å²) >= 11 is 5.85. The highest BCUT2D eigenvalue weighted by Gasteiger charge is 2.08. The molecule has 0 aliphatic heterocycles. The minimum atomic E-state index is -0.532. The summed E-state index contributed by atoms with van der Waals surface area (Å²) < 4.78 is 6.33. The zero-order valence-electron chi connectivity index (χ0n) is 10.9. The van der Waals surface area contributed by atoms with Gasteiger partial charge in [-0.3, -0.25) is 0 Å². The van der Waals surface area contributed by atoms with Gasteiger partial charge in [-0.05, 0) is 24.1 Å². The molecule has 2 aromatic rings. The van der Waals surface area contributed by atoms with Crippen molar-refractivity contribution < 1.29 is 9.84 Å². The largest absolute Gasteiger partial charge is 0.391 e. The number of rotatable bonds is 7. The third kappa shape index (κ3) is 4.12. The van der Waals surface area contributed by atoms with E-state index in [1.165, 1.54) is 4.68 Å². The lowest BCUT2D eigenvalue weighted by Crippen LogP contribution is -2.19. The Balaban J connectivity index is 1.98. The molecular weight excluding hydrogens is 284 g/mol. The Bertz CT molecular complexity index is 536. The first-order valence-electron chi connectivity index (χ1n) is 6.01. The van der Waals surface area contributed by atoms with Crippen LogP contribution in [-0.2, 0) is 4.74 Å². The van der Waals surface area contributed by atoms with Gasteiger partial charge >= 0.3 is 0 Å². The predicted molar refractivity (Wildman–Crippen MR) is 72.9 cm³/mol. The van der Waals surface area contributed by atoms with Gasteiger partial charge in [-0.1, -0.05) is 0 Å². The Morgan fingerprint density at radius 1 is 1.45 bits per heavy atom. The second-order valence-electron chi connectivity index (χ2n) is 4.00. The number of nitrogens with one attached hydrogen (secondary N) is 1. The maximum Gasteiger partial charge on any atom is 0.256 e. The lowest BCUT2D eigenvalue weighted by Gasteiger charge is -2.10. The van der Waals surface area contributed by atoms with Gasteiger partial charge in [-0.25, -0.2) is 4.68 Å². The average molecular weight is 299 g/mol. The number of nitrogens with zero attached hydrogens (tertiary/aromatic N) is 5. The van der Waals surface area contributed by atoms with Gasteiger partial charge in [0.25, 0.3) is 5.95 Å². The van der Waals surface area contributed by atoms with Crippen LogP contribution in [0.2, 0.25) is 5.28 Å². The SMILES string of the molecule is COCC(O)CCNc1nc(Cl)nc(-n2cccn2)n1. The molecule has 0 spiro atoms. The molecule has 20 heavy (non-hydrogen) atoms. The fourth-order valence-electron chi connectivity index (χ4n) is 1.53. The molecule has 2 rings (SSSR count). The van der Waals surface area contributed by atoms with E-state index in [2.05, 4.69) is 25.4 Å². The van der Waals surface area contributed by atoms with E-state index in [1.807, 2.05) is 0 Å². The highest BCUT2D eigenvalue weighted by atomic mass is 35.5. The van der Waals surface area contributed by atoms with Gasteiger partial charge in [0.2, 0.25) is 11.2 Å². The lowest BCUT2D eigenvalue weighted by molar-refractivity contribution is 0.0615. The van der Waals surface area contributed by atoms with Crippen molar-refractivity contribution in [2.24, 2.45) is 0 Å². The molecule has 0 fully saturated rings. The van der Waals surface area contributed by atoms with Crippen molar-refractivity contribution in [2.45, 2.75) is 12.5 Å². The molecule has 1 atom stereocenters. The topological polar surface area (TPSA) is 98.0 Å². The molecule has 0 radical (unpaired) electrons. The molecule has 0 amide bonds. The highest BCUT2D eigenvalue weighted by molar-refractivity contribution is 6.28. The molecule has 2 aromatic heterocycles. The molecule has 0 bridgehead atoms. The second kappa shape index (κ2) is 7.13. The maximum atomic E-state index is 9.53. The zero-order valence-corrected chi connectivity index (χ0v) is 11.7. The number of hydrogen-bond donors (Lipinski definition) is 2. The molecule has 9 heteroatoms. The number of aromatic nitrogens is 5. The molecule has 2 heterocycles. The number of hydrogen-bond acceptors (Lipinski definition) is 7. The van der Waals surface area contributed by atoms with E-state index in [0.717, 1.165) is 0 Å². The minimum absolute atomic E-state index is 0.0745. The van der Waals surface area contributed by atoms with E-state index < -0.39 is 6.10 Å². The monoisotopic (exact) mass is 298 g/mol. The zero-order chi connectivity index (χ0) is 14.4. The Kier molecular flexibility index (Phi) is 5.22. The number of aliphatic hydroxyl groups excluding tert-OH is 1. The van der Waals surface area contributed by atoms with Crippen LogP contribution in [0.15, 0.2) is 18.5 Å². The van der Waals surface area contributed by atoms with Crippen LogP contribution in [0.5, 0.6) is 0 Å². The number of aliphatic hydroxyl groups is 1. The van der Waals surface area contributed by atoms with Crippen LogP contribution < -0.4 is 5.32 Å². The highest BCUT2D eigenvalue weighted by Crippen LogP contribution is 2.09. The van der Waals surface area contributed by atoms with Crippen molar-refractivity contribution in [3.05, 3.63) is 23.7 Å². The third-order valence-electron chi connectivity index (χ3n) is 2.43. The Morgan fingerprint density at radius 3 is 3.00 bits per heavy atom. The van der Waals surface area contributed by atoms with E-state index in [1.54, 1.807) is 25.6 Å².